The zero-order valence-electron chi connectivity index (χ0n) is 9.75. The summed E-state index contributed by atoms with van der Waals surface area (Å²) in [5.74, 6) is -0.135. The number of carbonyl (C=O) groups is 1. The number of imidazole rings is 1. The maximum Gasteiger partial charge on any atom is 0.274 e. The van der Waals surface area contributed by atoms with Crippen LogP contribution >= 0.6 is 11.3 Å². The van der Waals surface area contributed by atoms with Crippen LogP contribution in [0.25, 0.3) is 4.96 Å². The van der Waals surface area contributed by atoms with Crippen LogP contribution in [0.1, 0.15) is 16.2 Å². The van der Waals surface area contributed by atoms with E-state index in [2.05, 4.69) is 10.3 Å². The van der Waals surface area contributed by atoms with Gasteiger partial charge in [-0.3, -0.25) is 9.20 Å². The Balaban J connectivity index is 1.97. The van der Waals surface area contributed by atoms with Crippen LogP contribution in [0.3, 0.4) is 0 Å². The summed E-state index contributed by atoms with van der Waals surface area (Å²) in [4.78, 5) is 17.4. The first-order valence-electron chi connectivity index (χ1n) is 5.54. The van der Waals surface area contributed by atoms with Gasteiger partial charge in [0.1, 0.15) is 5.69 Å². The van der Waals surface area contributed by atoms with Crippen LogP contribution < -0.4 is 5.32 Å². The predicted octanol–water partition coefficient (Wildman–Crippen LogP) is 2.96. The molecule has 2 aromatic heterocycles. The van der Waals surface area contributed by atoms with Gasteiger partial charge in [-0.05, 0) is 19.1 Å². The van der Waals surface area contributed by atoms with Gasteiger partial charge in [0.2, 0.25) is 0 Å². The number of aryl methyl sites for hydroxylation is 1. The molecule has 4 nitrogen and oxygen atoms in total. The number of amides is 1. The van der Waals surface area contributed by atoms with E-state index in [1.54, 1.807) is 0 Å². The van der Waals surface area contributed by atoms with Crippen molar-refractivity contribution in [2.24, 2.45) is 0 Å². The Hall–Kier alpha value is -2.14. The Morgan fingerprint density at radius 1 is 1.33 bits per heavy atom. The minimum absolute atomic E-state index is 0.135. The third-order valence-corrected chi connectivity index (χ3v) is 3.44. The summed E-state index contributed by atoms with van der Waals surface area (Å²) in [5, 5.41) is 4.79. The summed E-state index contributed by atoms with van der Waals surface area (Å²) in [6.07, 6.45) is 1.86. The molecule has 2 heterocycles. The number of hydrogen-bond donors (Lipinski definition) is 1. The fourth-order valence-corrected chi connectivity index (χ4v) is 2.64. The molecular weight excluding hydrogens is 246 g/mol. The molecule has 18 heavy (non-hydrogen) atoms. The molecule has 0 atom stereocenters. The van der Waals surface area contributed by atoms with Gasteiger partial charge >= 0.3 is 0 Å². The van der Waals surface area contributed by atoms with Crippen molar-refractivity contribution in [3.05, 3.63) is 53.3 Å². The highest BCUT2D eigenvalue weighted by atomic mass is 32.1. The molecule has 0 aliphatic heterocycles. The second-order valence-corrected chi connectivity index (χ2v) is 4.79. The smallest absolute Gasteiger partial charge is 0.274 e. The van der Waals surface area contributed by atoms with Crippen LogP contribution in [0.5, 0.6) is 0 Å². The number of anilines is 1. The van der Waals surface area contributed by atoms with Crippen molar-refractivity contribution >= 4 is 27.9 Å². The van der Waals surface area contributed by atoms with E-state index in [1.807, 2.05) is 53.2 Å². The molecule has 1 amide bonds. The molecule has 3 rings (SSSR count). The van der Waals surface area contributed by atoms with E-state index in [4.69, 9.17) is 0 Å². The molecule has 0 aliphatic carbocycles. The second-order valence-electron chi connectivity index (χ2n) is 3.92. The summed E-state index contributed by atoms with van der Waals surface area (Å²) < 4.78 is 1.82. The predicted molar refractivity (Wildman–Crippen MR) is 72.2 cm³/mol. The zero-order chi connectivity index (χ0) is 12.5. The van der Waals surface area contributed by atoms with Crippen molar-refractivity contribution < 1.29 is 4.79 Å². The van der Waals surface area contributed by atoms with Gasteiger partial charge in [-0.25, -0.2) is 4.98 Å². The maximum atomic E-state index is 12.2. The highest BCUT2D eigenvalue weighted by Crippen LogP contribution is 2.18. The van der Waals surface area contributed by atoms with E-state index in [1.165, 1.54) is 11.3 Å². The fourth-order valence-electron chi connectivity index (χ4n) is 1.88. The number of carbonyl (C=O) groups excluding carboxylic acids is 1. The van der Waals surface area contributed by atoms with Crippen LogP contribution in [0, 0.1) is 6.92 Å². The van der Waals surface area contributed by atoms with E-state index in [-0.39, 0.29) is 5.91 Å². The van der Waals surface area contributed by atoms with Crippen LogP contribution in [0.4, 0.5) is 5.69 Å². The van der Waals surface area contributed by atoms with E-state index in [9.17, 15) is 4.79 Å². The number of fused-ring (bicyclic) bond motifs is 1. The Morgan fingerprint density at radius 2 is 2.11 bits per heavy atom. The van der Waals surface area contributed by atoms with Crippen molar-refractivity contribution in [1.82, 2.24) is 9.38 Å². The molecule has 0 saturated heterocycles. The Morgan fingerprint density at radius 3 is 2.89 bits per heavy atom. The zero-order valence-corrected chi connectivity index (χ0v) is 10.6. The van der Waals surface area contributed by atoms with Crippen LogP contribution in [0.15, 0.2) is 41.9 Å². The third kappa shape index (κ3) is 1.78. The highest BCUT2D eigenvalue weighted by molar-refractivity contribution is 7.15. The lowest BCUT2D eigenvalue weighted by molar-refractivity contribution is 0.102. The molecule has 1 N–H and O–H groups in total. The number of aromatic nitrogens is 2. The highest BCUT2D eigenvalue weighted by Gasteiger charge is 2.17. The average molecular weight is 257 g/mol. The summed E-state index contributed by atoms with van der Waals surface area (Å²) >= 11 is 1.52. The molecule has 1 aromatic carbocycles. The number of rotatable bonds is 2. The molecule has 0 unspecified atom stereocenters. The van der Waals surface area contributed by atoms with Crippen LogP contribution in [-0.2, 0) is 0 Å². The van der Waals surface area contributed by atoms with Crippen molar-refractivity contribution in [3.63, 3.8) is 0 Å². The minimum Gasteiger partial charge on any atom is -0.321 e. The fraction of sp³-hybridized carbons (Fsp3) is 0.0769. The van der Waals surface area contributed by atoms with Crippen LogP contribution in [-0.4, -0.2) is 15.3 Å². The van der Waals surface area contributed by atoms with E-state index in [0.29, 0.717) is 5.69 Å². The lowest BCUT2D eigenvalue weighted by Gasteiger charge is -2.04. The molecule has 0 spiro atoms. The van der Waals surface area contributed by atoms with Gasteiger partial charge in [-0.2, -0.15) is 0 Å². The summed E-state index contributed by atoms with van der Waals surface area (Å²) in [5.41, 5.74) is 2.12. The van der Waals surface area contributed by atoms with E-state index in [0.717, 1.165) is 16.3 Å². The number of hydrogen-bond acceptors (Lipinski definition) is 3. The molecule has 0 saturated carbocycles. The van der Waals surface area contributed by atoms with Gasteiger partial charge in [0.15, 0.2) is 4.96 Å². The Bertz CT molecular complexity index is 699. The molecule has 5 heteroatoms. The number of para-hydroxylation sites is 1. The van der Waals surface area contributed by atoms with Crippen molar-refractivity contribution in [2.45, 2.75) is 6.92 Å². The van der Waals surface area contributed by atoms with Gasteiger partial charge in [0.25, 0.3) is 5.91 Å². The normalized spacial score (nSPS) is 10.7. The molecule has 3 aromatic rings. The van der Waals surface area contributed by atoms with Gasteiger partial charge in [0, 0.05) is 17.3 Å². The largest absolute Gasteiger partial charge is 0.321 e. The lowest BCUT2D eigenvalue weighted by atomic mass is 10.3. The topological polar surface area (TPSA) is 46.4 Å². The molecule has 90 valence electrons. The van der Waals surface area contributed by atoms with E-state index >= 15 is 0 Å². The van der Waals surface area contributed by atoms with Crippen molar-refractivity contribution in [3.8, 4) is 0 Å². The Kier molecular flexibility index (Phi) is 2.60. The average Bonchev–Trinajstić information content (AvgIpc) is 2.89. The first kappa shape index (κ1) is 11.0. The van der Waals surface area contributed by atoms with E-state index < -0.39 is 0 Å². The van der Waals surface area contributed by atoms with Gasteiger partial charge in [-0.15, -0.1) is 11.3 Å². The molecule has 0 fully saturated rings. The summed E-state index contributed by atoms with van der Waals surface area (Å²) in [7, 11) is 0. The SMILES string of the molecule is Cc1nc2sccn2c1C(=O)Nc1ccccc1. The number of nitrogens with zero attached hydrogens (tertiary/aromatic N) is 2. The van der Waals surface area contributed by atoms with Crippen LogP contribution in [0.2, 0.25) is 0 Å². The minimum atomic E-state index is -0.135. The van der Waals surface area contributed by atoms with Crippen molar-refractivity contribution in [1.29, 1.82) is 0 Å². The third-order valence-electron chi connectivity index (χ3n) is 2.68. The summed E-state index contributed by atoms with van der Waals surface area (Å²) in [6.45, 7) is 1.85. The lowest BCUT2D eigenvalue weighted by Crippen LogP contribution is -2.15. The van der Waals surface area contributed by atoms with Gasteiger partial charge in [0.05, 0.1) is 5.69 Å². The van der Waals surface area contributed by atoms with Crippen molar-refractivity contribution in [2.75, 3.05) is 5.32 Å². The second kappa shape index (κ2) is 4.27. The number of benzene rings is 1. The molecule has 0 aliphatic rings. The first-order valence-corrected chi connectivity index (χ1v) is 6.42. The van der Waals surface area contributed by atoms with Gasteiger partial charge < -0.3 is 5.32 Å². The Labute approximate surface area is 108 Å². The molecule has 0 radical (unpaired) electrons. The standard InChI is InChI=1S/C13H11N3OS/c1-9-11(16-7-8-18-13(16)14-9)12(17)15-10-5-3-2-4-6-10/h2-8H,1H3,(H,15,17). The summed E-state index contributed by atoms with van der Waals surface area (Å²) in [6, 6.07) is 9.41. The quantitative estimate of drug-likeness (QED) is 0.767. The monoisotopic (exact) mass is 257 g/mol. The number of nitrogens with one attached hydrogen (secondary N) is 1. The maximum absolute atomic E-state index is 12.2. The first-order chi connectivity index (χ1) is 8.75. The van der Waals surface area contributed by atoms with Gasteiger partial charge in [-0.1, -0.05) is 18.2 Å². The number of thiazole rings is 1. The molecule has 0 bridgehead atoms. The molecular formula is C13H11N3OS.